The van der Waals surface area contributed by atoms with Gasteiger partial charge in [-0.3, -0.25) is 4.79 Å². The van der Waals surface area contributed by atoms with Crippen molar-refractivity contribution in [3.63, 3.8) is 0 Å². The first-order valence-corrected chi connectivity index (χ1v) is 7.53. The van der Waals surface area contributed by atoms with Gasteiger partial charge >= 0.3 is 0 Å². The highest BCUT2D eigenvalue weighted by Crippen LogP contribution is 2.23. The number of anilines is 1. The average molecular weight is 318 g/mol. The Kier molecular flexibility index (Phi) is 5.55. The Labute approximate surface area is 131 Å². The molecule has 0 aromatic heterocycles. The summed E-state index contributed by atoms with van der Waals surface area (Å²) in [6.45, 7) is 0. The Morgan fingerprint density at radius 2 is 1.77 bits per heavy atom. The number of aromatic carboxylic acids is 1. The molecule has 0 unspecified atom stereocenters. The Morgan fingerprint density at radius 1 is 1.09 bits per heavy atom. The van der Waals surface area contributed by atoms with Gasteiger partial charge in [0, 0.05) is 28.3 Å². The lowest BCUT2D eigenvalue weighted by Crippen LogP contribution is -2.23. The molecule has 0 atom stereocenters. The van der Waals surface area contributed by atoms with E-state index in [1.165, 1.54) is 42.1 Å². The summed E-state index contributed by atoms with van der Waals surface area (Å²) in [5.41, 5.74) is 0.637. The van der Waals surface area contributed by atoms with Crippen molar-refractivity contribution in [3.8, 4) is 0 Å². The summed E-state index contributed by atoms with van der Waals surface area (Å²) in [5, 5.41) is 13.6. The molecular formula is C16H13FNO3S-. The number of hydrogen-bond acceptors (Lipinski definition) is 4. The topological polar surface area (TPSA) is 69.2 Å². The van der Waals surface area contributed by atoms with E-state index < -0.39 is 5.97 Å². The number of halogens is 1. The van der Waals surface area contributed by atoms with Crippen LogP contribution in [0.15, 0.2) is 53.4 Å². The highest BCUT2D eigenvalue weighted by atomic mass is 32.2. The Bertz CT molecular complexity index is 673. The summed E-state index contributed by atoms with van der Waals surface area (Å²) in [6.07, 6.45) is 0.212. The highest BCUT2D eigenvalue weighted by Gasteiger charge is 2.06. The molecule has 0 bridgehead atoms. The zero-order chi connectivity index (χ0) is 15.9. The predicted octanol–water partition coefficient (Wildman–Crippen LogP) is 2.31. The van der Waals surface area contributed by atoms with Gasteiger partial charge in [0.05, 0.1) is 5.97 Å². The lowest BCUT2D eigenvalue weighted by Gasteiger charge is -2.09. The van der Waals surface area contributed by atoms with Crippen LogP contribution in [-0.2, 0) is 4.79 Å². The van der Waals surface area contributed by atoms with Gasteiger partial charge in [0.15, 0.2) is 0 Å². The third kappa shape index (κ3) is 4.60. The lowest BCUT2D eigenvalue weighted by molar-refractivity contribution is -0.255. The van der Waals surface area contributed by atoms with Crippen molar-refractivity contribution in [2.45, 2.75) is 11.3 Å². The summed E-state index contributed by atoms with van der Waals surface area (Å²) < 4.78 is 12.7. The van der Waals surface area contributed by atoms with Crippen LogP contribution in [0.3, 0.4) is 0 Å². The van der Waals surface area contributed by atoms with Crippen LogP contribution < -0.4 is 10.4 Å². The van der Waals surface area contributed by atoms with Gasteiger partial charge < -0.3 is 15.2 Å². The number of thioether (sulfide) groups is 1. The molecule has 1 amide bonds. The maximum absolute atomic E-state index is 12.7. The van der Waals surface area contributed by atoms with Crippen LogP contribution in [0.25, 0.3) is 0 Å². The van der Waals surface area contributed by atoms with Crippen molar-refractivity contribution in [1.29, 1.82) is 0 Å². The second-order valence-corrected chi connectivity index (χ2v) is 5.57. The van der Waals surface area contributed by atoms with Crippen molar-refractivity contribution in [2.75, 3.05) is 11.1 Å². The van der Waals surface area contributed by atoms with E-state index in [4.69, 9.17) is 0 Å². The second kappa shape index (κ2) is 7.61. The van der Waals surface area contributed by atoms with E-state index in [0.717, 1.165) is 0 Å². The summed E-state index contributed by atoms with van der Waals surface area (Å²) in [5.74, 6) is -1.39. The predicted molar refractivity (Wildman–Crippen MR) is 81.1 cm³/mol. The van der Waals surface area contributed by atoms with Crippen LogP contribution in [0.4, 0.5) is 10.1 Å². The van der Waals surface area contributed by atoms with Crippen LogP contribution in [0.5, 0.6) is 0 Å². The molecule has 0 saturated carbocycles. The fraction of sp³-hybridized carbons (Fsp3) is 0.125. The van der Waals surface area contributed by atoms with Crippen LogP contribution in [-0.4, -0.2) is 17.6 Å². The summed E-state index contributed by atoms with van der Waals surface area (Å²) in [7, 11) is 0. The van der Waals surface area contributed by atoms with Gasteiger partial charge in [0.2, 0.25) is 5.91 Å². The van der Waals surface area contributed by atoms with Gasteiger partial charge in [-0.15, -0.1) is 11.8 Å². The molecule has 2 rings (SSSR count). The van der Waals surface area contributed by atoms with Gasteiger partial charge in [0.1, 0.15) is 5.82 Å². The zero-order valence-electron chi connectivity index (χ0n) is 11.5. The standard InChI is InChI=1S/C16H14FNO3S/c17-11-5-7-12(8-6-11)18-15(19)9-10-22-14-4-2-1-3-13(14)16(20)21/h1-8H,9-10H2,(H,18,19)(H,20,21)/p-1. The van der Waals surface area contributed by atoms with Crippen molar-refractivity contribution < 1.29 is 19.1 Å². The Balaban J connectivity index is 1.85. The molecule has 0 radical (unpaired) electrons. The third-order valence-electron chi connectivity index (χ3n) is 2.82. The Hall–Kier alpha value is -2.34. The van der Waals surface area contributed by atoms with Crippen molar-refractivity contribution in [3.05, 3.63) is 59.9 Å². The maximum Gasteiger partial charge on any atom is 0.225 e. The van der Waals surface area contributed by atoms with Gasteiger partial charge in [-0.1, -0.05) is 18.2 Å². The number of carbonyl (C=O) groups excluding carboxylic acids is 2. The number of benzene rings is 2. The number of rotatable bonds is 6. The first kappa shape index (κ1) is 16.0. The molecular weight excluding hydrogens is 305 g/mol. The zero-order valence-corrected chi connectivity index (χ0v) is 12.4. The minimum Gasteiger partial charge on any atom is -0.545 e. The number of nitrogens with one attached hydrogen (secondary N) is 1. The van der Waals surface area contributed by atoms with Crippen LogP contribution in [0.2, 0.25) is 0 Å². The number of carboxylic acids is 1. The number of amides is 1. The van der Waals surface area contributed by atoms with E-state index in [1.807, 2.05) is 0 Å². The van der Waals surface area contributed by atoms with Crippen molar-refractivity contribution in [2.24, 2.45) is 0 Å². The number of carboxylic acid groups (broad SMARTS) is 1. The molecule has 0 spiro atoms. The van der Waals surface area contributed by atoms with Crippen LogP contribution >= 0.6 is 11.8 Å². The van der Waals surface area contributed by atoms with Gasteiger partial charge in [0.25, 0.3) is 0 Å². The molecule has 2 aromatic rings. The summed E-state index contributed by atoms with van der Waals surface area (Å²) in [6, 6.07) is 12.0. The lowest BCUT2D eigenvalue weighted by atomic mass is 10.2. The molecule has 0 aliphatic rings. The monoisotopic (exact) mass is 318 g/mol. The highest BCUT2D eigenvalue weighted by molar-refractivity contribution is 7.99. The largest absolute Gasteiger partial charge is 0.545 e. The molecule has 2 aromatic carbocycles. The molecule has 6 heteroatoms. The first-order valence-electron chi connectivity index (χ1n) is 6.55. The summed E-state index contributed by atoms with van der Waals surface area (Å²) >= 11 is 1.28. The van der Waals surface area contributed by atoms with E-state index in [0.29, 0.717) is 16.3 Å². The smallest absolute Gasteiger partial charge is 0.225 e. The fourth-order valence-electron chi connectivity index (χ4n) is 1.77. The van der Waals surface area contributed by atoms with Crippen LogP contribution in [0.1, 0.15) is 16.8 Å². The molecule has 1 N–H and O–H groups in total. The van der Waals surface area contributed by atoms with Gasteiger partial charge in [-0.25, -0.2) is 4.39 Å². The third-order valence-corrected chi connectivity index (χ3v) is 3.90. The quantitative estimate of drug-likeness (QED) is 0.830. The number of hydrogen-bond donors (Lipinski definition) is 1. The van der Waals surface area contributed by atoms with Gasteiger partial charge in [-0.05, 0) is 30.3 Å². The normalized spacial score (nSPS) is 10.2. The second-order valence-electron chi connectivity index (χ2n) is 4.44. The van der Waals surface area contributed by atoms with E-state index in [1.54, 1.807) is 18.2 Å². The summed E-state index contributed by atoms with van der Waals surface area (Å²) in [4.78, 5) is 23.3. The van der Waals surface area contributed by atoms with E-state index in [2.05, 4.69) is 5.32 Å². The SMILES string of the molecule is O=C(CCSc1ccccc1C(=O)[O-])Nc1ccc(F)cc1. The molecule has 114 valence electrons. The fourth-order valence-corrected chi connectivity index (χ4v) is 2.76. The van der Waals surface area contributed by atoms with E-state index >= 15 is 0 Å². The van der Waals surface area contributed by atoms with E-state index in [9.17, 15) is 19.1 Å². The van der Waals surface area contributed by atoms with Crippen LogP contribution in [0, 0.1) is 5.82 Å². The molecule has 0 aliphatic heterocycles. The molecule has 4 nitrogen and oxygen atoms in total. The van der Waals surface area contributed by atoms with Crippen molar-refractivity contribution >= 4 is 29.3 Å². The minimum atomic E-state index is -1.24. The molecule has 0 heterocycles. The molecule has 0 saturated heterocycles. The molecule has 0 fully saturated rings. The maximum atomic E-state index is 12.7. The minimum absolute atomic E-state index is 0.117. The number of carbonyl (C=O) groups is 2. The van der Waals surface area contributed by atoms with Gasteiger partial charge in [-0.2, -0.15) is 0 Å². The molecule has 22 heavy (non-hydrogen) atoms. The first-order chi connectivity index (χ1) is 10.6. The Morgan fingerprint density at radius 3 is 2.45 bits per heavy atom. The average Bonchev–Trinajstić information content (AvgIpc) is 2.50. The van der Waals surface area contributed by atoms with Crippen molar-refractivity contribution in [1.82, 2.24) is 0 Å². The molecule has 0 aliphatic carbocycles. The van der Waals surface area contributed by atoms with E-state index in [-0.39, 0.29) is 23.7 Å².